The first kappa shape index (κ1) is 19.5. The molecular weight excluding hydrogens is 368 g/mol. The summed E-state index contributed by atoms with van der Waals surface area (Å²) in [5.74, 6) is 1.04. The number of carbonyl (C=O) groups is 2. The molecule has 0 aliphatic carbocycles. The van der Waals surface area contributed by atoms with E-state index < -0.39 is 0 Å². The van der Waals surface area contributed by atoms with Crippen LogP contribution >= 0.6 is 11.8 Å². The highest BCUT2D eigenvalue weighted by atomic mass is 32.2. The number of furan rings is 1. The number of amides is 1. The summed E-state index contributed by atoms with van der Waals surface area (Å²) in [4.78, 5) is 26.4. The van der Waals surface area contributed by atoms with Crippen molar-refractivity contribution in [3.8, 4) is 11.6 Å². The van der Waals surface area contributed by atoms with Crippen molar-refractivity contribution < 1.29 is 18.7 Å². The molecule has 1 fully saturated rings. The van der Waals surface area contributed by atoms with Crippen LogP contribution < -0.4 is 0 Å². The van der Waals surface area contributed by atoms with E-state index in [2.05, 4.69) is 10.2 Å². The van der Waals surface area contributed by atoms with Gasteiger partial charge in [0.15, 0.2) is 16.7 Å². The number of ether oxygens (including phenoxy) is 1. The zero-order valence-corrected chi connectivity index (χ0v) is 16.6. The first-order valence-electron chi connectivity index (χ1n) is 9.06. The van der Waals surface area contributed by atoms with Gasteiger partial charge in [-0.25, -0.2) is 0 Å². The average molecular weight is 392 g/mol. The molecule has 0 radical (unpaired) electrons. The summed E-state index contributed by atoms with van der Waals surface area (Å²) in [5, 5.41) is 8.69. The number of likely N-dealkylation sites (tertiary alicyclic amines) is 1. The number of carbonyl (C=O) groups excluding carboxylic acids is 2. The van der Waals surface area contributed by atoms with Crippen LogP contribution in [0.25, 0.3) is 11.6 Å². The number of nitrogens with zero attached hydrogens (tertiary/aromatic N) is 4. The van der Waals surface area contributed by atoms with E-state index >= 15 is 0 Å². The van der Waals surface area contributed by atoms with E-state index in [1.54, 1.807) is 19.3 Å². The van der Waals surface area contributed by atoms with Crippen LogP contribution in [-0.2, 0) is 21.4 Å². The monoisotopic (exact) mass is 392 g/mol. The Morgan fingerprint density at radius 1 is 1.37 bits per heavy atom. The second-order valence-electron chi connectivity index (χ2n) is 6.45. The second-order valence-corrected chi connectivity index (χ2v) is 7.76. The van der Waals surface area contributed by atoms with Crippen LogP contribution in [0, 0.1) is 5.92 Å². The fraction of sp³-hybridized carbons (Fsp3) is 0.556. The normalized spacial score (nSPS) is 16.3. The van der Waals surface area contributed by atoms with Gasteiger partial charge in [0.05, 0.1) is 24.0 Å². The van der Waals surface area contributed by atoms with Crippen molar-refractivity contribution in [1.82, 2.24) is 19.7 Å². The summed E-state index contributed by atoms with van der Waals surface area (Å²) >= 11 is 1.37. The predicted octanol–water partition coefficient (Wildman–Crippen LogP) is 2.36. The van der Waals surface area contributed by atoms with Crippen molar-refractivity contribution in [2.45, 2.75) is 37.1 Å². The minimum absolute atomic E-state index is 0.0462. The number of rotatable bonds is 6. The molecular formula is C18H24N4O4S. The van der Waals surface area contributed by atoms with Crippen molar-refractivity contribution in [2.75, 3.05) is 19.7 Å². The summed E-state index contributed by atoms with van der Waals surface area (Å²) in [5.41, 5.74) is 0. The Kier molecular flexibility index (Phi) is 6.20. The van der Waals surface area contributed by atoms with Crippen LogP contribution in [0.2, 0.25) is 0 Å². The van der Waals surface area contributed by atoms with Gasteiger partial charge in [0.25, 0.3) is 0 Å². The SMILES string of the molecule is CCOC(=O)C1CCN(C(=O)C(C)Sc2nnc(-c3ccco3)n2C)CC1. The lowest BCUT2D eigenvalue weighted by atomic mass is 9.97. The van der Waals surface area contributed by atoms with Gasteiger partial charge in [-0.05, 0) is 38.8 Å². The molecule has 1 aliphatic heterocycles. The van der Waals surface area contributed by atoms with Gasteiger partial charge in [0, 0.05) is 20.1 Å². The van der Waals surface area contributed by atoms with Crippen LogP contribution in [-0.4, -0.2) is 56.5 Å². The second kappa shape index (κ2) is 8.60. The van der Waals surface area contributed by atoms with Gasteiger partial charge in [-0.2, -0.15) is 0 Å². The van der Waals surface area contributed by atoms with Gasteiger partial charge in [-0.3, -0.25) is 9.59 Å². The summed E-state index contributed by atoms with van der Waals surface area (Å²) in [7, 11) is 1.85. The van der Waals surface area contributed by atoms with E-state index in [1.807, 2.05) is 29.5 Å². The van der Waals surface area contributed by atoms with Crippen LogP contribution in [0.5, 0.6) is 0 Å². The standard InChI is InChI=1S/C18H24N4O4S/c1-4-25-17(24)13-7-9-22(10-8-13)16(23)12(2)27-18-20-19-15(21(18)3)14-6-5-11-26-14/h5-6,11-13H,4,7-10H2,1-3H3. The van der Waals surface area contributed by atoms with Crippen molar-refractivity contribution in [3.63, 3.8) is 0 Å². The molecule has 1 unspecified atom stereocenters. The predicted molar refractivity (Wildman–Crippen MR) is 100.0 cm³/mol. The summed E-state index contributed by atoms with van der Waals surface area (Å²) in [6, 6.07) is 3.61. The molecule has 2 aromatic heterocycles. The maximum absolute atomic E-state index is 12.8. The van der Waals surface area contributed by atoms with Crippen molar-refractivity contribution >= 4 is 23.6 Å². The number of thioether (sulfide) groups is 1. The Morgan fingerprint density at radius 2 is 2.11 bits per heavy atom. The summed E-state index contributed by atoms with van der Waals surface area (Å²) in [6.07, 6.45) is 2.88. The van der Waals surface area contributed by atoms with Crippen LogP contribution in [0.1, 0.15) is 26.7 Å². The highest BCUT2D eigenvalue weighted by Gasteiger charge is 2.31. The molecule has 1 amide bonds. The minimum Gasteiger partial charge on any atom is -0.466 e. The van der Waals surface area contributed by atoms with Crippen molar-refractivity contribution in [1.29, 1.82) is 0 Å². The average Bonchev–Trinajstić information content (AvgIpc) is 3.32. The van der Waals surface area contributed by atoms with E-state index in [1.165, 1.54) is 11.8 Å². The highest BCUT2D eigenvalue weighted by molar-refractivity contribution is 8.00. The first-order valence-corrected chi connectivity index (χ1v) is 9.94. The van der Waals surface area contributed by atoms with E-state index in [0.717, 1.165) is 0 Å². The number of aromatic nitrogens is 3. The molecule has 3 rings (SSSR count). The zero-order chi connectivity index (χ0) is 19.4. The van der Waals surface area contributed by atoms with Gasteiger partial charge < -0.3 is 18.6 Å². The maximum atomic E-state index is 12.8. The van der Waals surface area contributed by atoms with E-state index in [4.69, 9.17) is 9.15 Å². The Morgan fingerprint density at radius 3 is 2.74 bits per heavy atom. The van der Waals surface area contributed by atoms with E-state index in [9.17, 15) is 9.59 Å². The lowest BCUT2D eigenvalue weighted by Gasteiger charge is -2.32. The molecule has 1 saturated heterocycles. The minimum atomic E-state index is -0.295. The summed E-state index contributed by atoms with van der Waals surface area (Å²) in [6.45, 7) is 5.21. The molecule has 1 atom stereocenters. The fourth-order valence-corrected chi connectivity index (χ4v) is 4.00. The van der Waals surface area contributed by atoms with Gasteiger partial charge in [0.2, 0.25) is 5.91 Å². The lowest BCUT2D eigenvalue weighted by Crippen LogP contribution is -2.43. The molecule has 0 bridgehead atoms. The first-order chi connectivity index (χ1) is 13.0. The molecule has 0 spiro atoms. The molecule has 8 nitrogen and oxygen atoms in total. The Labute approximate surface area is 162 Å². The van der Waals surface area contributed by atoms with Crippen molar-refractivity contribution in [2.24, 2.45) is 13.0 Å². The number of hydrogen-bond acceptors (Lipinski definition) is 7. The lowest BCUT2D eigenvalue weighted by molar-refractivity contribution is -0.151. The van der Waals surface area contributed by atoms with Gasteiger partial charge in [-0.15, -0.1) is 10.2 Å². The van der Waals surface area contributed by atoms with Crippen LogP contribution in [0.15, 0.2) is 28.0 Å². The van der Waals surface area contributed by atoms with Crippen molar-refractivity contribution in [3.05, 3.63) is 18.4 Å². The van der Waals surface area contributed by atoms with Gasteiger partial charge in [0.1, 0.15) is 0 Å². The molecule has 1 aliphatic rings. The Balaban J connectivity index is 1.57. The third-order valence-electron chi connectivity index (χ3n) is 4.63. The largest absolute Gasteiger partial charge is 0.466 e. The quantitative estimate of drug-likeness (QED) is 0.550. The number of hydrogen-bond donors (Lipinski definition) is 0. The number of esters is 1. The molecule has 2 aromatic rings. The topological polar surface area (TPSA) is 90.5 Å². The molecule has 9 heteroatoms. The number of piperidine rings is 1. The van der Waals surface area contributed by atoms with Crippen LogP contribution in [0.3, 0.4) is 0 Å². The molecule has 3 heterocycles. The molecule has 0 N–H and O–H groups in total. The molecule has 0 saturated carbocycles. The summed E-state index contributed by atoms with van der Waals surface area (Å²) < 4.78 is 12.3. The Hall–Kier alpha value is -2.29. The zero-order valence-electron chi connectivity index (χ0n) is 15.8. The third kappa shape index (κ3) is 4.35. The van der Waals surface area contributed by atoms with E-state index in [0.29, 0.717) is 49.3 Å². The highest BCUT2D eigenvalue weighted by Crippen LogP contribution is 2.28. The van der Waals surface area contributed by atoms with Crippen LogP contribution in [0.4, 0.5) is 0 Å². The smallest absolute Gasteiger partial charge is 0.309 e. The molecule has 146 valence electrons. The molecule has 0 aromatic carbocycles. The Bertz CT molecular complexity index is 781. The maximum Gasteiger partial charge on any atom is 0.309 e. The van der Waals surface area contributed by atoms with Gasteiger partial charge in [-0.1, -0.05) is 11.8 Å². The fourth-order valence-electron chi connectivity index (χ4n) is 3.10. The third-order valence-corrected chi connectivity index (χ3v) is 5.75. The van der Waals surface area contributed by atoms with E-state index in [-0.39, 0.29) is 23.0 Å². The van der Waals surface area contributed by atoms with Gasteiger partial charge >= 0.3 is 5.97 Å². The molecule has 27 heavy (non-hydrogen) atoms.